The van der Waals surface area contributed by atoms with Gasteiger partial charge in [0, 0.05) is 17.7 Å². The molecule has 1 rings (SSSR count). The first-order valence-corrected chi connectivity index (χ1v) is 5.39. The Bertz CT molecular complexity index is 550. The number of nitrogens with two attached hydrogens (primary N) is 1. The van der Waals surface area contributed by atoms with E-state index in [1.54, 1.807) is 6.07 Å². The van der Waals surface area contributed by atoms with Gasteiger partial charge in [-0.3, -0.25) is 4.79 Å². The zero-order valence-corrected chi connectivity index (χ0v) is 10.5. The van der Waals surface area contributed by atoms with Gasteiger partial charge in [0.15, 0.2) is 0 Å². The van der Waals surface area contributed by atoms with Crippen LogP contribution in [0.1, 0.15) is 16.7 Å². The fraction of sp³-hybridized carbons (Fsp3) is 0.333. The predicted molar refractivity (Wildman–Crippen MR) is 61.5 cm³/mol. The van der Waals surface area contributed by atoms with Gasteiger partial charge in [-0.25, -0.2) is 0 Å². The van der Waals surface area contributed by atoms with Gasteiger partial charge in [-0.1, -0.05) is 6.07 Å². The van der Waals surface area contributed by atoms with Crippen LogP contribution in [0.5, 0.6) is 5.75 Å². The SMILES string of the molecule is COC(=O)Cc1c(C#N)ccc(CN)c1OC(F)(F)F. The molecule has 0 aliphatic carbocycles. The summed E-state index contributed by atoms with van der Waals surface area (Å²) in [6.45, 7) is -0.231. The number of benzene rings is 1. The Morgan fingerprint density at radius 2 is 2.10 bits per heavy atom. The highest BCUT2D eigenvalue weighted by Crippen LogP contribution is 2.32. The highest BCUT2D eigenvalue weighted by Gasteiger charge is 2.34. The molecule has 0 bridgehead atoms. The number of halogens is 3. The van der Waals surface area contributed by atoms with E-state index in [4.69, 9.17) is 11.0 Å². The lowest BCUT2D eigenvalue weighted by Crippen LogP contribution is -2.21. The monoisotopic (exact) mass is 288 g/mol. The molecule has 0 radical (unpaired) electrons. The zero-order chi connectivity index (χ0) is 15.3. The fourth-order valence-corrected chi connectivity index (χ4v) is 1.58. The standard InChI is InChI=1S/C12H11F3N2O3/c1-19-10(18)4-9-7(5-16)2-3-8(6-17)11(9)20-12(13,14)15/h2-3H,4,6,17H2,1H3. The van der Waals surface area contributed by atoms with Crippen molar-refractivity contribution in [2.45, 2.75) is 19.3 Å². The van der Waals surface area contributed by atoms with Gasteiger partial charge in [-0.2, -0.15) is 5.26 Å². The summed E-state index contributed by atoms with van der Waals surface area (Å²) in [4.78, 5) is 11.3. The third-order valence-corrected chi connectivity index (χ3v) is 2.45. The largest absolute Gasteiger partial charge is 0.573 e. The van der Waals surface area contributed by atoms with E-state index in [1.807, 2.05) is 0 Å². The van der Waals surface area contributed by atoms with Crippen LogP contribution in [0.25, 0.3) is 0 Å². The van der Waals surface area contributed by atoms with Crippen molar-refractivity contribution in [1.29, 1.82) is 5.26 Å². The number of alkyl halides is 3. The third-order valence-electron chi connectivity index (χ3n) is 2.45. The van der Waals surface area contributed by atoms with Crippen LogP contribution in [0, 0.1) is 11.3 Å². The topological polar surface area (TPSA) is 85.3 Å². The van der Waals surface area contributed by atoms with Gasteiger partial charge in [0.1, 0.15) is 5.75 Å². The molecule has 2 N–H and O–H groups in total. The number of nitriles is 1. The van der Waals surface area contributed by atoms with Crippen LogP contribution in [0.2, 0.25) is 0 Å². The molecule has 0 spiro atoms. The van der Waals surface area contributed by atoms with E-state index < -0.39 is 24.5 Å². The number of carbonyl (C=O) groups excluding carboxylic acids is 1. The molecule has 0 amide bonds. The molecule has 8 heteroatoms. The Labute approximate surface area is 112 Å². The number of esters is 1. The number of hydrogen-bond donors (Lipinski definition) is 1. The number of rotatable bonds is 4. The third kappa shape index (κ3) is 3.86. The first-order chi connectivity index (χ1) is 9.32. The zero-order valence-electron chi connectivity index (χ0n) is 10.5. The van der Waals surface area contributed by atoms with Crippen molar-refractivity contribution in [3.05, 3.63) is 28.8 Å². The maximum absolute atomic E-state index is 12.4. The molecule has 5 nitrogen and oxygen atoms in total. The van der Waals surface area contributed by atoms with Crippen molar-refractivity contribution in [1.82, 2.24) is 0 Å². The Morgan fingerprint density at radius 1 is 1.45 bits per heavy atom. The minimum Gasteiger partial charge on any atom is -0.469 e. The predicted octanol–water partition coefficient (Wildman–Crippen LogP) is 1.63. The average molecular weight is 288 g/mol. The molecule has 0 aromatic heterocycles. The minimum absolute atomic E-state index is 0.0419. The van der Waals surface area contributed by atoms with Crippen LogP contribution < -0.4 is 10.5 Å². The van der Waals surface area contributed by atoms with Gasteiger partial charge in [-0.05, 0) is 6.07 Å². The van der Waals surface area contributed by atoms with Crippen LogP contribution in [-0.4, -0.2) is 19.4 Å². The van der Waals surface area contributed by atoms with Gasteiger partial charge in [0.2, 0.25) is 0 Å². The summed E-state index contributed by atoms with van der Waals surface area (Å²) < 4.78 is 45.6. The van der Waals surface area contributed by atoms with Crippen molar-refractivity contribution < 1.29 is 27.4 Å². The second-order valence-corrected chi connectivity index (χ2v) is 3.70. The molecule has 1 aromatic carbocycles. The molecule has 0 unspecified atom stereocenters. The smallest absolute Gasteiger partial charge is 0.469 e. The normalized spacial score (nSPS) is 10.8. The summed E-state index contributed by atoms with van der Waals surface area (Å²) in [5, 5.41) is 8.92. The van der Waals surface area contributed by atoms with E-state index in [-0.39, 0.29) is 23.2 Å². The highest BCUT2D eigenvalue weighted by molar-refractivity contribution is 5.75. The summed E-state index contributed by atoms with van der Waals surface area (Å²) in [7, 11) is 1.09. The molecular weight excluding hydrogens is 277 g/mol. The lowest BCUT2D eigenvalue weighted by atomic mass is 10.00. The minimum atomic E-state index is -4.96. The van der Waals surface area contributed by atoms with Crippen molar-refractivity contribution >= 4 is 5.97 Å². The molecule has 0 heterocycles. The van der Waals surface area contributed by atoms with Crippen molar-refractivity contribution in [2.75, 3.05) is 7.11 Å². The molecule has 0 saturated heterocycles. The van der Waals surface area contributed by atoms with E-state index in [1.165, 1.54) is 12.1 Å². The van der Waals surface area contributed by atoms with E-state index >= 15 is 0 Å². The molecular formula is C12H11F3N2O3. The van der Waals surface area contributed by atoms with E-state index in [9.17, 15) is 18.0 Å². The summed E-state index contributed by atoms with van der Waals surface area (Å²) in [6, 6.07) is 4.24. The Balaban J connectivity index is 3.40. The first-order valence-electron chi connectivity index (χ1n) is 5.39. The van der Waals surface area contributed by atoms with Crippen LogP contribution in [0.3, 0.4) is 0 Å². The van der Waals surface area contributed by atoms with E-state index in [0.717, 1.165) is 7.11 Å². The summed E-state index contributed by atoms with van der Waals surface area (Å²) in [6.07, 6.45) is -5.47. The molecule has 0 atom stereocenters. The second kappa shape index (κ2) is 6.25. The van der Waals surface area contributed by atoms with E-state index in [2.05, 4.69) is 9.47 Å². The van der Waals surface area contributed by atoms with E-state index in [0.29, 0.717) is 0 Å². The number of methoxy groups -OCH3 is 1. The van der Waals surface area contributed by atoms with Gasteiger partial charge in [-0.15, -0.1) is 13.2 Å². The van der Waals surface area contributed by atoms with Crippen molar-refractivity contribution in [3.63, 3.8) is 0 Å². The maximum atomic E-state index is 12.4. The van der Waals surface area contributed by atoms with Crippen LogP contribution in [-0.2, 0) is 22.5 Å². The van der Waals surface area contributed by atoms with Crippen molar-refractivity contribution in [3.8, 4) is 11.8 Å². The molecule has 0 aliphatic rings. The van der Waals surface area contributed by atoms with Gasteiger partial charge in [0.05, 0.1) is 25.2 Å². The van der Waals surface area contributed by atoms with Gasteiger partial charge in [0.25, 0.3) is 0 Å². The number of nitrogens with zero attached hydrogens (tertiary/aromatic N) is 1. The highest BCUT2D eigenvalue weighted by atomic mass is 19.4. The number of hydrogen-bond acceptors (Lipinski definition) is 5. The lowest BCUT2D eigenvalue weighted by molar-refractivity contribution is -0.275. The molecule has 1 aromatic rings. The average Bonchev–Trinajstić information content (AvgIpc) is 2.38. The quantitative estimate of drug-likeness (QED) is 0.851. The molecule has 0 saturated carbocycles. The Morgan fingerprint density at radius 3 is 2.55 bits per heavy atom. The van der Waals surface area contributed by atoms with Crippen molar-refractivity contribution in [2.24, 2.45) is 5.73 Å². The Kier molecular flexibility index (Phi) is 4.94. The molecule has 20 heavy (non-hydrogen) atoms. The number of ether oxygens (including phenoxy) is 2. The van der Waals surface area contributed by atoms with Crippen LogP contribution in [0.15, 0.2) is 12.1 Å². The van der Waals surface area contributed by atoms with Crippen LogP contribution >= 0.6 is 0 Å². The first kappa shape index (κ1) is 15.8. The number of carbonyl (C=O) groups is 1. The molecule has 0 aliphatic heterocycles. The fourth-order valence-electron chi connectivity index (χ4n) is 1.58. The summed E-state index contributed by atoms with van der Waals surface area (Å²) in [5.41, 5.74) is 5.09. The molecule has 108 valence electrons. The van der Waals surface area contributed by atoms with Gasteiger partial charge < -0.3 is 15.2 Å². The summed E-state index contributed by atoms with van der Waals surface area (Å²) in [5.74, 6) is -1.41. The lowest BCUT2D eigenvalue weighted by Gasteiger charge is -2.17. The Hall–Kier alpha value is -2.27. The maximum Gasteiger partial charge on any atom is 0.573 e. The van der Waals surface area contributed by atoms with Gasteiger partial charge >= 0.3 is 12.3 Å². The molecule has 0 fully saturated rings. The van der Waals surface area contributed by atoms with Crippen LogP contribution in [0.4, 0.5) is 13.2 Å². The summed E-state index contributed by atoms with van der Waals surface area (Å²) >= 11 is 0. The second-order valence-electron chi connectivity index (χ2n) is 3.70.